The number of rotatable bonds is 4. The molecule has 1 aliphatic rings. The quantitative estimate of drug-likeness (QED) is 0.814. The van der Waals surface area contributed by atoms with Crippen LogP contribution in [-0.4, -0.2) is 19.3 Å². The van der Waals surface area contributed by atoms with E-state index in [1.54, 1.807) is 0 Å². The number of ether oxygens (including phenoxy) is 1. The van der Waals surface area contributed by atoms with Crippen molar-refractivity contribution in [3.63, 3.8) is 0 Å². The van der Waals surface area contributed by atoms with E-state index in [1.807, 2.05) is 12.1 Å². The van der Waals surface area contributed by atoms with E-state index in [-0.39, 0.29) is 0 Å². The molecule has 3 heteroatoms. The first kappa shape index (κ1) is 11.7. The summed E-state index contributed by atoms with van der Waals surface area (Å²) in [7, 11) is 0. The third-order valence-electron chi connectivity index (χ3n) is 2.96. The third-order valence-corrected chi connectivity index (χ3v) is 3.24. The Balaban J connectivity index is 1.88. The second-order valence-corrected chi connectivity index (χ2v) is 4.43. The molecule has 1 aromatic carbocycles. The second-order valence-electron chi connectivity index (χ2n) is 4.16. The summed E-state index contributed by atoms with van der Waals surface area (Å²) >= 11 is 5.88. The van der Waals surface area contributed by atoms with Crippen LogP contribution < -0.4 is 5.32 Å². The van der Waals surface area contributed by atoms with E-state index in [1.165, 1.54) is 12.8 Å². The molecule has 1 atom stereocenters. The number of anilines is 1. The fourth-order valence-corrected chi connectivity index (χ4v) is 2.23. The molecular formula is C13H18ClNO. The van der Waals surface area contributed by atoms with Crippen molar-refractivity contribution >= 4 is 17.3 Å². The van der Waals surface area contributed by atoms with Gasteiger partial charge in [0.25, 0.3) is 0 Å². The topological polar surface area (TPSA) is 21.3 Å². The van der Waals surface area contributed by atoms with Gasteiger partial charge in [-0.1, -0.05) is 18.2 Å². The lowest BCUT2D eigenvalue weighted by atomic mass is 10.1. The molecule has 2 nitrogen and oxygen atoms in total. The van der Waals surface area contributed by atoms with Crippen LogP contribution >= 0.6 is 11.6 Å². The lowest BCUT2D eigenvalue weighted by molar-refractivity contribution is 0.0247. The van der Waals surface area contributed by atoms with Crippen molar-refractivity contribution in [1.82, 2.24) is 0 Å². The fourth-order valence-electron chi connectivity index (χ4n) is 2.00. The van der Waals surface area contributed by atoms with Gasteiger partial charge in [0.1, 0.15) is 0 Å². The Kier molecular flexibility index (Phi) is 4.49. The lowest BCUT2D eigenvalue weighted by Gasteiger charge is -2.23. The molecule has 1 N–H and O–H groups in total. The molecule has 1 saturated heterocycles. The van der Waals surface area contributed by atoms with Gasteiger partial charge in [0, 0.05) is 24.7 Å². The molecule has 1 heterocycles. The maximum Gasteiger partial charge on any atom is 0.0747 e. The predicted octanol–water partition coefficient (Wildman–Crippen LogP) is 3.41. The first-order valence-electron chi connectivity index (χ1n) is 5.89. The first-order chi connectivity index (χ1) is 7.90. The van der Waals surface area contributed by atoms with Crippen LogP contribution in [-0.2, 0) is 10.6 Å². The maximum atomic E-state index is 5.88. The van der Waals surface area contributed by atoms with Gasteiger partial charge < -0.3 is 10.1 Å². The Morgan fingerprint density at radius 1 is 1.31 bits per heavy atom. The standard InChI is InChI=1S/C13H18ClNO/c14-9-11-5-1-2-7-13(11)15-10-12-6-3-4-8-16-12/h1-2,5,7,12,15H,3-4,6,8-10H2. The van der Waals surface area contributed by atoms with Gasteiger partial charge in [-0.25, -0.2) is 0 Å². The van der Waals surface area contributed by atoms with Crippen molar-refractivity contribution < 1.29 is 4.74 Å². The molecule has 1 aliphatic heterocycles. The smallest absolute Gasteiger partial charge is 0.0747 e. The summed E-state index contributed by atoms with van der Waals surface area (Å²) < 4.78 is 5.68. The molecule has 0 amide bonds. The van der Waals surface area contributed by atoms with Gasteiger partial charge in [0.2, 0.25) is 0 Å². The Hall–Kier alpha value is -0.730. The van der Waals surface area contributed by atoms with E-state index in [2.05, 4.69) is 17.4 Å². The zero-order valence-electron chi connectivity index (χ0n) is 9.42. The van der Waals surface area contributed by atoms with Crippen LogP contribution in [0.25, 0.3) is 0 Å². The largest absolute Gasteiger partial charge is 0.382 e. The number of para-hydroxylation sites is 1. The minimum atomic E-state index is 0.358. The Bertz CT molecular complexity index is 323. The molecule has 16 heavy (non-hydrogen) atoms. The van der Waals surface area contributed by atoms with Gasteiger partial charge in [0.05, 0.1) is 6.10 Å². The van der Waals surface area contributed by atoms with Crippen molar-refractivity contribution in [3.8, 4) is 0 Å². The average molecular weight is 240 g/mol. The highest BCUT2D eigenvalue weighted by Gasteiger charge is 2.13. The minimum absolute atomic E-state index is 0.358. The van der Waals surface area contributed by atoms with Crippen molar-refractivity contribution in [1.29, 1.82) is 0 Å². The monoisotopic (exact) mass is 239 g/mol. The number of halogens is 1. The normalized spacial score (nSPS) is 20.7. The summed E-state index contributed by atoms with van der Waals surface area (Å²) in [5.41, 5.74) is 2.28. The zero-order chi connectivity index (χ0) is 11.2. The second kappa shape index (κ2) is 6.12. The van der Waals surface area contributed by atoms with E-state index < -0.39 is 0 Å². The number of nitrogens with one attached hydrogen (secondary N) is 1. The van der Waals surface area contributed by atoms with Crippen molar-refractivity contribution in [2.24, 2.45) is 0 Å². The molecule has 0 aliphatic carbocycles. The molecular weight excluding hydrogens is 222 g/mol. The number of benzene rings is 1. The molecule has 0 radical (unpaired) electrons. The Labute approximate surface area is 102 Å². The summed E-state index contributed by atoms with van der Waals surface area (Å²) in [5, 5.41) is 3.42. The molecule has 1 fully saturated rings. The van der Waals surface area contributed by atoms with E-state index in [9.17, 15) is 0 Å². The van der Waals surface area contributed by atoms with Crippen LogP contribution in [0.2, 0.25) is 0 Å². The van der Waals surface area contributed by atoms with Crippen molar-refractivity contribution in [2.75, 3.05) is 18.5 Å². The summed E-state index contributed by atoms with van der Waals surface area (Å²) in [5.74, 6) is 0.550. The molecule has 2 rings (SSSR count). The number of hydrogen-bond donors (Lipinski definition) is 1. The molecule has 0 aromatic heterocycles. The summed E-state index contributed by atoms with van der Waals surface area (Å²) in [6, 6.07) is 8.16. The molecule has 1 aromatic rings. The summed E-state index contributed by atoms with van der Waals surface area (Å²) in [4.78, 5) is 0. The van der Waals surface area contributed by atoms with Crippen LogP contribution in [0.1, 0.15) is 24.8 Å². The van der Waals surface area contributed by atoms with Crippen LogP contribution in [0.3, 0.4) is 0 Å². The Morgan fingerprint density at radius 2 is 2.19 bits per heavy atom. The summed E-state index contributed by atoms with van der Waals surface area (Å²) in [6.07, 6.45) is 4.01. The van der Waals surface area contributed by atoms with Crippen LogP contribution in [0, 0.1) is 0 Å². The minimum Gasteiger partial charge on any atom is -0.382 e. The van der Waals surface area contributed by atoms with Gasteiger partial charge in [-0.15, -0.1) is 11.6 Å². The van der Waals surface area contributed by atoms with Gasteiger partial charge in [-0.05, 0) is 30.9 Å². The highest BCUT2D eigenvalue weighted by Crippen LogP contribution is 2.18. The molecule has 0 spiro atoms. The maximum absolute atomic E-state index is 5.88. The number of alkyl halides is 1. The predicted molar refractivity (Wildman–Crippen MR) is 68.1 cm³/mol. The first-order valence-corrected chi connectivity index (χ1v) is 6.43. The zero-order valence-corrected chi connectivity index (χ0v) is 10.2. The molecule has 88 valence electrons. The SMILES string of the molecule is ClCc1ccccc1NCC1CCCCO1. The Morgan fingerprint density at radius 3 is 2.94 bits per heavy atom. The third kappa shape index (κ3) is 3.13. The molecule has 0 bridgehead atoms. The van der Waals surface area contributed by atoms with E-state index in [0.29, 0.717) is 12.0 Å². The van der Waals surface area contributed by atoms with Crippen LogP contribution in [0.4, 0.5) is 5.69 Å². The van der Waals surface area contributed by atoms with Gasteiger partial charge in [-0.2, -0.15) is 0 Å². The molecule has 1 unspecified atom stereocenters. The van der Waals surface area contributed by atoms with Crippen LogP contribution in [0.15, 0.2) is 24.3 Å². The van der Waals surface area contributed by atoms with Gasteiger partial charge >= 0.3 is 0 Å². The van der Waals surface area contributed by atoms with Crippen molar-refractivity contribution in [2.45, 2.75) is 31.2 Å². The average Bonchev–Trinajstić information content (AvgIpc) is 2.38. The van der Waals surface area contributed by atoms with Gasteiger partial charge in [0.15, 0.2) is 0 Å². The summed E-state index contributed by atoms with van der Waals surface area (Å²) in [6.45, 7) is 1.79. The number of hydrogen-bond acceptors (Lipinski definition) is 2. The van der Waals surface area contributed by atoms with Crippen molar-refractivity contribution in [3.05, 3.63) is 29.8 Å². The van der Waals surface area contributed by atoms with Crippen LogP contribution in [0.5, 0.6) is 0 Å². The lowest BCUT2D eigenvalue weighted by Crippen LogP contribution is -2.27. The van der Waals surface area contributed by atoms with E-state index in [4.69, 9.17) is 16.3 Å². The van der Waals surface area contributed by atoms with E-state index in [0.717, 1.165) is 30.8 Å². The van der Waals surface area contributed by atoms with Gasteiger partial charge in [-0.3, -0.25) is 0 Å². The molecule has 0 saturated carbocycles. The van der Waals surface area contributed by atoms with E-state index >= 15 is 0 Å². The highest BCUT2D eigenvalue weighted by atomic mass is 35.5. The highest BCUT2D eigenvalue weighted by molar-refractivity contribution is 6.17. The fraction of sp³-hybridized carbons (Fsp3) is 0.538.